The van der Waals surface area contributed by atoms with Gasteiger partial charge in [-0.1, -0.05) is 20.8 Å². The van der Waals surface area contributed by atoms with E-state index in [4.69, 9.17) is 0 Å². The quantitative estimate of drug-likeness (QED) is 0.886. The molecule has 1 fully saturated rings. The zero-order valence-corrected chi connectivity index (χ0v) is 12.7. The summed E-state index contributed by atoms with van der Waals surface area (Å²) >= 11 is 0. The number of hydrogen-bond donors (Lipinski definition) is 1. The first-order valence-electron chi connectivity index (χ1n) is 7.02. The van der Waals surface area contributed by atoms with Crippen LogP contribution in [0.15, 0.2) is 0 Å². The molecule has 0 radical (unpaired) electrons. The van der Waals surface area contributed by atoms with Gasteiger partial charge < -0.3 is 5.11 Å². The number of nitrogens with zero attached hydrogens (tertiary/aromatic N) is 3. The number of aryl methyl sites for hydroxylation is 2. The van der Waals surface area contributed by atoms with Crippen LogP contribution in [0.25, 0.3) is 0 Å². The molecule has 1 N–H and O–H groups in total. The maximum absolute atomic E-state index is 9.56. The van der Waals surface area contributed by atoms with Gasteiger partial charge in [-0.15, -0.1) is 0 Å². The lowest BCUT2D eigenvalue weighted by Gasteiger charge is -2.24. The van der Waals surface area contributed by atoms with Crippen LogP contribution in [0.1, 0.15) is 50.0 Å². The highest BCUT2D eigenvalue weighted by Crippen LogP contribution is 2.27. The van der Waals surface area contributed by atoms with Crippen molar-refractivity contribution in [1.29, 1.82) is 0 Å². The highest BCUT2D eigenvalue weighted by molar-refractivity contribution is 5.31. The monoisotopic (exact) mass is 263 g/mol. The fourth-order valence-corrected chi connectivity index (χ4v) is 3.10. The Balaban J connectivity index is 2.20. The zero-order chi connectivity index (χ0) is 14.2. The Morgan fingerprint density at radius 3 is 2.21 bits per heavy atom. The molecule has 0 spiro atoms. The summed E-state index contributed by atoms with van der Waals surface area (Å²) in [5.41, 5.74) is 3.48. The van der Waals surface area contributed by atoms with Crippen molar-refractivity contribution in [3.05, 3.63) is 22.8 Å². The lowest BCUT2D eigenvalue weighted by molar-refractivity contribution is 0.174. The second-order valence-electron chi connectivity index (χ2n) is 6.61. The van der Waals surface area contributed by atoms with Crippen LogP contribution in [0.4, 0.5) is 0 Å². The van der Waals surface area contributed by atoms with E-state index in [2.05, 4.69) is 49.5 Å². The van der Waals surface area contributed by atoms with Crippen molar-refractivity contribution in [1.82, 2.24) is 14.9 Å². The van der Waals surface area contributed by atoms with Crippen molar-refractivity contribution in [3.8, 4) is 0 Å². The summed E-state index contributed by atoms with van der Waals surface area (Å²) in [5.74, 6) is 0.872. The van der Waals surface area contributed by atoms with Crippen LogP contribution in [0.3, 0.4) is 0 Å². The SMILES string of the molecule is Cc1nc(CN2CCC(O)C2)nc(C)c1C(C)(C)C. The highest BCUT2D eigenvalue weighted by atomic mass is 16.3. The molecule has 1 atom stereocenters. The molecular weight excluding hydrogens is 238 g/mol. The maximum atomic E-state index is 9.56. The van der Waals surface area contributed by atoms with Gasteiger partial charge in [0.1, 0.15) is 5.82 Å². The second-order valence-corrected chi connectivity index (χ2v) is 6.61. The number of hydrogen-bond acceptors (Lipinski definition) is 4. The lowest BCUT2D eigenvalue weighted by Crippen LogP contribution is -2.24. The Bertz CT molecular complexity index is 442. The molecule has 0 aromatic carbocycles. The molecule has 1 saturated heterocycles. The molecule has 0 aliphatic carbocycles. The van der Waals surface area contributed by atoms with Crippen molar-refractivity contribution >= 4 is 0 Å². The normalized spacial score (nSPS) is 21.1. The van der Waals surface area contributed by atoms with E-state index < -0.39 is 0 Å². The van der Waals surface area contributed by atoms with E-state index in [1.54, 1.807) is 0 Å². The Morgan fingerprint density at radius 2 is 1.79 bits per heavy atom. The number of aromatic nitrogens is 2. The van der Waals surface area contributed by atoms with Gasteiger partial charge in [0.05, 0.1) is 12.6 Å². The van der Waals surface area contributed by atoms with Crippen molar-refractivity contribution < 1.29 is 5.11 Å². The maximum Gasteiger partial charge on any atom is 0.142 e. The smallest absolute Gasteiger partial charge is 0.142 e. The van der Waals surface area contributed by atoms with E-state index in [9.17, 15) is 5.11 Å². The third-order valence-corrected chi connectivity index (χ3v) is 3.68. The van der Waals surface area contributed by atoms with Crippen LogP contribution in [-0.4, -0.2) is 39.2 Å². The lowest BCUT2D eigenvalue weighted by atomic mass is 9.85. The third kappa shape index (κ3) is 3.31. The molecule has 19 heavy (non-hydrogen) atoms. The summed E-state index contributed by atoms with van der Waals surface area (Å²) in [6.45, 7) is 13.1. The van der Waals surface area contributed by atoms with Crippen molar-refractivity contribution in [2.24, 2.45) is 0 Å². The second kappa shape index (κ2) is 5.17. The highest BCUT2D eigenvalue weighted by Gasteiger charge is 2.24. The minimum Gasteiger partial charge on any atom is -0.392 e. The van der Waals surface area contributed by atoms with Gasteiger partial charge in [-0.2, -0.15) is 0 Å². The third-order valence-electron chi connectivity index (χ3n) is 3.68. The number of likely N-dealkylation sites (tertiary alicyclic amines) is 1. The molecule has 106 valence electrons. The minimum atomic E-state index is -0.184. The topological polar surface area (TPSA) is 49.2 Å². The van der Waals surface area contributed by atoms with Crippen LogP contribution < -0.4 is 0 Å². The number of rotatable bonds is 2. The van der Waals surface area contributed by atoms with E-state index >= 15 is 0 Å². The predicted octanol–water partition coefficient (Wildman–Crippen LogP) is 1.96. The van der Waals surface area contributed by atoms with Gasteiger partial charge in [0.2, 0.25) is 0 Å². The molecule has 0 amide bonds. The molecule has 1 aromatic heterocycles. The molecule has 1 aliphatic heterocycles. The molecule has 2 rings (SSSR count). The molecular formula is C15H25N3O. The summed E-state index contributed by atoms with van der Waals surface area (Å²) in [6.07, 6.45) is 0.675. The van der Waals surface area contributed by atoms with Gasteiger partial charge in [-0.3, -0.25) is 4.90 Å². The number of aliphatic hydroxyl groups is 1. The van der Waals surface area contributed by atoms with Crippen LogP contribution in [0.5, 0.6) is 0 Å². The van der Waals surface area contributed by atoms with E-state index in [1.165, 1.54) is 5.56 Å². The molecule has 1 aromatic rings. The van der Waals surface area contributed by atoms with Crippen molar-refractivity contribution in [2.75, 3.05) is 13.1 Å². The van der Waals surface area contributed by atoms with E-state index in [0.29, 0.717) is 0 Å². The number of aliphatic hydroxyl groups excluding tert-OH is 1. The first-order chi connectivity index (χ1) is 8.77. The summed E-state index contributed by atoms with van der Waals surface area (Å²) in [7, 11) is 0. The van der Waals surface area contributed by atoms with Crippen LogP contribution in [-0.2, 0) is 12.0 Å². The first-order valence-corrected chi connectivity index (χ1v) is 7.02. The van der Waals surface area contributed by atoms with E-state index in [1.807, 2.05) is 0 Å². The molecule has 0 bridgehead atoms. The molecule has 0 saturated carbocycles. The molecule has 2 heterocycles. The Morgan fingerprint density at radius 1 is 1.21 bits per heavy atom. The largest absolute Gasteiger partial charge is 0.392 e. The van der Waals surface area contributed by atoms with E-state index in [0.717, 1.165) is 43.3 Å². The van der Waals surface area contributed by atoms with Crippen LogP contribution >= 0.6 is 0 Å². The fraction of sp³-hybridized carbons (Fsp3) is 0.733. The Kier molecular flexibility index (Phi) is 3.92. The minimum absolute atomic E-state index is 0.0799. The van der Waals surface area contributed by atoms with Gasteiger partial charge in [0.25, 0.3) is 0 Å². The molecule has 1 aliphatic rings. The van der Waals surface area contributed by atoms with Gasteiger partial charge in [-0.05, 0) is 25.7 Å². The molecule has 4 nitrogen and oxygen atoms in total. The average molecular weight is 263 g/mol. The Labute approximate surface area is 115 Å². The standard InChI is InChI=1S/C15H25N3O/c1-10-14(15(3,4)5)11(2)17-13(16-10)9-18-7-6-12(19)8-18/h12,19H,6-9H2,1-5H3. The summed E-state index contributed by atoms with van der Waals surface area (Å²) in [6, 6.07) is 0. The Hall–Kier alpha value is -1.00. The van der Waals surface area contributed by atoms with Gasteiger partial charge in [0.15, 0.2) is 0 Å². The summed E-state index contributed by atoms with van der Waals surface area (Å²) in [5, 5.41) is 9.56. The predicted molar refractivity (Wildman–Crippen MR) is 76.1 cm³/mol. The molecule has 1 unspecified atom stereocenters. The van der Waals surface area contributed by atoms with Crippen molar-refractivity contribution in [2.45, 2.75) is 59.1 Å². The van der Waals surface area contributed by atoms with E-state index in [-0.39, 0.29) is 11.5 Å². The van der Waals surface area contributed by atoms with Gasteiger partial charge >= 0.3 is 0 Å². The molecule has 4 heteroatoms. The summed E-state index contributed by atoms with van der Waals surface area (Å²) < 4.78 is 0. The number of β-amino-alcohol motifs (C(OH)–C–C–N with tert-alkyl or cyclic N) is 1. The zero-order valence-electron chi connectivity index (χ0n) is 12.7. The average Bonchev–Trinajstić information content (AvgIpc) is 2.60. The van der Waals surface area contributed by atoms with Gasteiger partial charge in [-0.25, -0.2) is 9.97 Å². The van der Waals surface area contributed by atoms with Crippen molar-refractivity contribution in [3.63, 3.8) is 0 Å². The summed E-state index contributed by atoms with van der Waals surface area (Å²) in [4.78, 5) is 11.5. The first kappa shape index (κ1) is 14.4. The van der Waals surface area contributed by atoms with Crippen LogP contribution in [0.2, 0.25) is 0 Å². The van der Waals surface area contributed by atoms with Gasteiger partial charge in [0, 0.05) is 30.0 Å². The fourth-order valence-electron chi connectivity index (χ4n) is 3.10. The van der Waals surface area contributed by atoms with Crippen LogP contribution in [0, 0.1) is 13.8 Å².